The topological polar surface area (TPSA) is 55.0 Å². The van der Waals surface area contributed by atoms with Gasteiger partial charge in [0.25, 0.3) is 0 Å². The molecule has 3 rings (SSSR count). The Kier molecular flexibility index (Phi) is 3.93. The second-order valence-corrected chi connectivity index (χ2v) is 6.54. The van der Waals surface area contributed by atoms with Crippen LogP contribution in [-0.4, -0.2) is 13.0 Å². The second kappa shape index (κ2) is 6.03. The number of nitrogens with one attached hydrogen (secondary N) is 1. The molecule has 0 aliphatic carbocycles. The van der Waals surface area contributed by atoms with Gasteiger partial charge in [-0.1, -0.05) is 27.7 Å². The number of hydrogen-bond acceptors (Lipinski definition) is 2. The van der Waals surface area contributed by atoms with E-state index in [1.54, 1.807) is 42.7 Å². The molecule has 0 spiro atoms. The molecule has 0 radical (unpaired) electrons. The zero-order valence-corrected chi connectivity index (χ0v) is 12.6. The first kappa shape index (κ1) is 14.3. The Labute approximate surface area is 129 Å². The highest BCUT2D eigenvalue weighted by atomic mass is 32.2. The highest BCUT2D eigenvalue weighted by molar-refractivity contribution is 7.92. The highest BCUT2D eigenvalue weighted by Crippen LogP contribution is 2.07. The Balaban J connectivity index is 1.81. The van der Waals surface area contributed by atoms with Gasteiger partial charge in [-0.05, 0) is 30.3 Å². The molecule has 5 nitrogen and oxygen atoms in total. The van der Waals surface area contributed by atoms with Crippen molar-refractivity contribution in [1.29, 1.82) is 0 Å². The van der Waals surface area contributed by atoms with Gasteiger partial charge < -0.3 is 4.57 Å². The Morgan fingerprint density at radius 1 is 0.955 bits per heavy atom. The molecule has 112 valence electrons. The zero-order valence-electron chi connectivity index (χ0n) is 11.8. The molecule has 6 heteroatoms. The van der Waals surface area contributed by atoms with E-state index in [1.165, 1.54) is 4.68 Å². The van der Waals surface area contributed by atoms with E-state index >= 15 is 0 Å². The molecule has 2 aromatic heterocycles. The summed E-state index contributed by atoms with van der Waals surface area (Å²) < 4.78 is 28.1. The molecule has 0 fully saturated rings. The molecule has 0 bridgehead atoms. The summed E-state index contributed by atoms with van der Waals surface area (Å²) in [5, 5.41) is 0. The van der Waals surface area contributed by atoms with Gasteiger partial charge in [0.2, 0.25) is 12.4 Å². The lowest BCUT2D eigenvalue weighted by atomic mass is 10.3. The number of hydrogen-bond donors (Lipinski definition) is 1. The predicted octanol–water partition coefficient (Wildman–Crippen LogP) is 1.76. The normalized spacial score (nSPS) is 11.3. The van der Waals surface area contributed by atoms with E-state index in [0.29, 0.717) is 6.54 Å². The van der Waals surface area contributed by atoms with E-state index in [2.05, 4.69) is 4.83 Å². The number of sulfonamides is 1. The van der Waals surface area contributed by atoms with Crippen LogP contribution in [0.15, 0.2) is 84.3 Å². The van der Waals surface area contributed by atoms with Gasteiger partial charge in [0.15, 0.2) is 0 Å². The zero-order chi connectivity index (χ0) is 15.4. The lowest BCUT2D eigenvalue weighted by Gasteiger charge is -2.05. The number of aromatic nitrogens is 2. The minimum Gasteiger partial charge on any atom is -0.350 e. The van der Waals surface area contributed by atoms with Crippen LogP contribution in [0.1, 0.15) is 5.56 Å². The van der Waals surface area contributed by atoms with Gasteiger partial charge in [-0.25, -0.2) is 0 Å². The van der Waals surface area contributed by atoms with Crippen molar-refractivity contribution in [1.82, 2.24) is 4.57 Å². The van der Waals surface area contributed by atoms with Gasteiger partial charge >= 0.3 is 10.0 Å². The van der Waals surface area contributed by atoms with Crippen molar-refractivity contribution in [2.45, 2.75) is 11.4 Å². The van der Waals surface area contributed by atoms with Crippen LogP contribution in [0.25, 0.3) is 0 Å². The van der Waals surface area contributed by atoms with E-state index in [-0.39, 0.29) is 4.90 Å². The van der Waals surface area contributed by atoms with Crippen LogP contribution in [0.4, 0.5) is 0 Å². The summed E-state index contributed by atoms with van der Waals surface area (Å²) in [5.41, 5.74) is 0.995. The van der Waals surface area contributed by atoms with E-state index in [9.17, 15) is 8.42 Å². The average Bonchev–Trinajstić information content (AvgIpc) is 3.01. The number of rotatable bonds is 5. The molecule has 1 aromatic carbocycles. The van der Waals surface area contributed by atoms with Crippen LogP contribution in [-0.2, 0) is 16.6 Å². The minimum absolute atomic E-state index is 0.235. The summed E-state index contributed by atoms with van der Waals surface area (Å²) in [6.45, 7) is 0.681. The standard InChI is InChI=1S/C16H16N3O2S/c20-22(21,16-8-2-1-3-9-16)17-19-12-6-7-15(14-19)13-18-10-4-5-11-18/h1-12,14,17H,13H2/q+1. The van der Waals surface area contributed by atoms with E-state index in [4.69, 9.17) is 0 Å². The fourth-order valence-corrected chi connectivity index (χ4v) is 3.16. The predicted molar refractivity (Wildman–Crippen MR) is 83.2 cm³/mol. The molecule has 0 aliphatic heterocycles. The quantitative estimate of drug-likeness (QED) is 0.730. The van der Waals surface area contributed by atoms with Crippen LogP contribution in [0.3, 0.4) is 0 Å². The maximum Gasteiger partial charge on any atom is 0.306 e. The Morgan fingerprint density at radius 3 is 2.41 bits per heavy atom. The van der Waals surface area contributed by atoms with Crippen LogP contribution in [0, 0.1) is 0 Å². The van der Waals surface area contributed by atoms with Crippen LogP contribution in [0.2, 0.25) is 0 Å². The summed E-state index contributed by atoms with van der Waals surface area (Å²) in [6, 6.07) is 16.0. The third-order valence-electron chi connectivity index (χ3n) is 3.17. The maximum atomic E-state index is 12.3. The van der Waals surface area contributed by atoms with Crippen molar-refractivity contribution in [2.24, 2.45) is 0 Å². The molecule has 0 atom stereocenters. The van der Waals surface area contributed by atoms with Crippen molar-refractivity contribution in [3.05, 3.63) is 84.9 Å². The highest BCUT2D eigenvalue weighted by Gasteiger charge is 2.18. The average molecular weight is 314 g/mol. The van der Waals surface area contributed by atoms with Crippen molar-refractivity contribution in [3.8, 4) is 0 Å². The van der Waals surface area contributed by atoms with Gasteiger partial charge in [0.05, 0.1) is 11.4 Å². The van der Waals surface area contributed by atoms with Gasteiger partial charge in [-0.2, -0.15) is 8.42 Å². The lowest BCUT2D eigenvalue weighted by Crippen LogP contribution is -2.47. The van der Waals surface area contributed by atoms with Crippen molar-refractivity contribution >= 4 is 10.0 Å². The third kappa shape index (κ3) is 3.35. The molecule has 0 aliphatic rings. The molecular formula is C16H16N3O2S+. The maximum absolute atomic E-state index is 12.3. The number of benzene rings is 1. The molecule has 1 N–H and O–H groups in total. The Bertz CT molecular complexity index is 844. The third-order valence-corrected chi connectivity index (χ3v) is 4.52. The first-order chi connectivity index (χ1) is 10.6. The van der Waals surface area contributed by atoms with Crippen LogP contribution < -0.4 is 9.51 Å². The largest absolute Gasteiger partial charge is 0.350 e. The summed E-state index contributed by atoms with van der Waals surface area (Å²) in [4.78, 5) is 2.77. The summed E-state index contributed by atoms with van der Waals surface area (Å²) >= 11 is 0. The fourth-order valence-electron chi connectivity index (χ4n) is 2.15. The van der Waals surface area contributed by atoms with E-state index < -0.39 is 10.0 Å². The Hall–Kier alpha value is -2.60. The van der Waals surface area contributed by atoms with Crippen LogP contribution in [0.5, 0.6) is 0 Å². The van der Waals surface area contributed by atoms with Gasteiger partial charge in [0.1, 0.15) is 0 Å². The van der Waals surface area contributed by atoms with E-state index in [0.717, 1.165) is 5.56 Å². The molecule has 0 saturated heterocycles. The second-order valence-electron chi connectivity index (χ2n) is 4.88. The minimum atomic E-state index is -3.59. The molecule has 0 amide bonds. The van der Waals surface area contributed by atoms with Gasteiger partial charge in [-0.3, -0.25) is 0 Å². The first-order valence-corrected chi connectivity index (χ1v) is 8.31. The monoisotopic (exact) mass is 314 g/mol. The Morgan fingerprint density at radius 2 is 1.68 bits per heavy atom. The van der Waals surface area contributed by atoms with Crippen molar-refractivity contribution < 1.29 is 13.1 Å². The molecule has 2 heterocycles. The fraction of sp³-hybridized carbons (Fsp3) is 0.0625. The van der Waals surface area contributed by atoms with Gasteiger partial charge in [0, 0.05) is 24.0 Å². The molecule has 0 saturated carbocycles. The molecule has 3 aromatic rings. The van der Waals surface area contributed by atoms with E-state index in [1.807, 2.05) is 41.2 Å². The SMILES string of the molecule is O=S(=O)(N[n+]1cccc(Cn2cccc2)c1)c1ccccc1. The summed E-state index contributed by atoms with van der Waals surface area (Å²) in [6.07, 6.45) is 7.36. The molecular weight excluding hydrogens is 298 g/mol. The van der Waals surface area contributed by atoms with Crippen molar-refractivity contribution in [3.63, 3.8) is 0 Å². The summed E-state index contributed by atoms with van der Waals surface area (Å²) in [5.74, 6) is 0. The number of nitrogens with zero attached hydrogens (tertiary/aromatic N) is 2. The molecule has 22 heavy (non-hydrogen) atoms. The van der Waals surface area contributed by atoms with Crippen molar-refractivity contribution in [2.75, 3.05) is 4.83 Å². The number of pyridine rings is 1. The summed E-state index contributed by atoms with van der Waals surface area (Å²) in [7, 11) is -3.59. The smallest absolute Gasteiger partial charge is 0.306 e. The first-order valence-electron chi connectivity index (χ1n) is 6.82. The van der Waals surface area contributed by atoms with Crippen LogP contribution >= 0.6 is 0 Å². The van der Waals surface area contributed by atoms with Gasteiger partial charge in [-0.15, -0.1) is 0 Å². The molecule has 0 unspecified atom stereocenters. The lowest BCUT2D eigenvalue weighted by molar-refractivity contribution is -0.637.